The maximum Gasteiger partial charge on any atom is 0.255 e. The molecule has 0 fully saturated rings. The van der Waals surface area contributed by atoms with Crippen molar-refractivity contribution in [1.29, 1.82) is 0 Å². The maximum absolute atomic E-state index is 12.3. The lowest BCUT2D eigenvalue weighted by molar-refractivity contribution is 0.0957. The van der Waals surface area contributed by atoms with Crippen LogP contribution in [-0.4, -0.2) is 62.1 Å². The molecule has 8 nitrogen and oxygen atoms in total. The van der Waals surface area contributed by atoms with Crippen molar-refractivity contribution in [2.24, 2.45) is 0 Å². The number of amides is 1. The first-order valence-corrected chi connectivity index (χ1v) is 13.2. The van der Waals surface area contributed by atoms with Crippen LogP contribution in [0.2, 0.25) is 0 Å². The van der Waals surface area contributed by atoms with Gasteiger partial charge in [0.1, 0.15) is 12.4 Å². The van der Waals surface area contributed by atoms with Crippen LogP contribution in [0.25, 0.3) is 33.4 Å². The third kappa shape index (κ3) is 4.11. The molecule has 1 atom stereocenters. The van der Waals surface area contributed by atoms with Gasteiger partial charge in [-0.25, -0.2) is 13.5 Å². The zero-order valence-electron chi connectivity index (χ0n) is 19.3. The van der Waals surface area contributed by atoms with Crippen molar-refractivity contribution in [1.82, 2.24) is 24.8 Å². The number of H-pyrrole nitrogens is 1. The zero-order valence-corrected chi connectivity index (χ0v) is 20.2. The van der Waals surface area contributed by atoms with Crippen LogP contribution in [0, 0.1) is 0 Å². The van der Waals surface area contributed by atoms with Crippen LogP contribution in [-0.2, 0) is 23.8 Å². The lowest BCUT2D eigenvalue weighted by Crippen LogP contribution is -2.27. The molecule has 0 spiro atoms. The van der Waals surface area contributed by atoms with E-state index < -0.39 is 11.0 Å². The van der Waals surface area contributed by atoms with Gasteiger partial charge in [-0.1, -0.05) is 24.3 Å². The van der Waals surface area contributed by atoms with Crippen LogP contribution < -0.4 is 10.1 Å². The first kappa shape index (κ1) is 21.9. The van der Waals surface area contributed by atoms with Crippen molar-refractivity contribution < 1.29 is 13.7 Å². The van der Waals surface area contributed by atoms with E-state index in [1.54, 1.807) is 12.3 Å². The second-order valence-electron chi connectivity index (χ2n) is 8.85. The van der Waals surface area contributed by atoms with Gasteiger partial charge in [-0.3, -0.25) is 9.89 Å². The third-order valence-electron chi connectivity index (χ3n) is 6.73. The van der Waals surface area contributed by atoms with E-state index in [9.17, 15) is 9.00 Å². The summed E-state index contributed by atoms with van der Waals surface area (Å²) in [6, 6.07) is 14.2. The standard InChI is InChI=1S/C26H25N5O3S/c1-35(33)31-9-6-16-2-3-17(12-18(16)7-10-31)20-13-22-24(29-30-25(22)28-15-20)19-4-5-21-23(14-19)34-11-8-27-26(21)32/h2-5,12-15H,6-11H2,1H3,(H,27,32)(H,28,29,30). The molecular weight excluding hydrogens is 462 g/mol. The first-order valence-electron chi connectivity index (χ1n) is 11.7. The van der Waals surface area contributed by atoms with Crippen LogP contribution in [0.5, 0.6) is 5.75 Å². The van der Waals surface area contributed by atoms with E-state index in [0.29, 0.717) is 30.1 Å². The number of nitrogens with one attached hydrogen (secondary N) is 2. The van der Waals surface area contributed by atoms with Gasteiger partial charge in [0.15, 0.2) is 5.65 Å². The number of pyridine rings is 1. The van der Waals surface area contributed by atoms with E-state index >= 15 is 0 Å². The quantitative estimate of drug-likeness (QED) is 0.463. The van der Waals surface area contributed by atoms with Gasteiger partial charge in [0.05, 0.1) is 28.8 Å². The topological polar surface area (TPSA) is 100 Å². The molecule has 9 heteroatoms. The zero-order chi connectivity index (χ0) is 23.9. The highest BCUT2D eigenvalue weighted by molar-refractivity contribution is 7.81. The van der Waals surface area contributed by atoms with Gasteiger partial charge >= 0.3 is 0 Å². The van der Waals surface area contributed by atoms with Crippen LogP contribution >= 0.6 is 0 Å². The number of ether oxygens (including phenoxy) is 1. The summed E-state index contributed by atoms with van der Waals surface area (Å²) >= 11 is 0. The van der Waals surface area contributed by atoms with Gasteiger partial charge < -0.3 is 10.1 Å². The minimum Gasteiger partial charge on any atom is -0.491 e. The molecule has 2 aromatic heterocycles. The molecule has 1 unspecified atom stereocenters. The average Bonchev–Trinajstić information content (AvgIpc) is 3.04. The van der Waals surface area contributed by atoms with Gasteiger partial charge in [0, 0.05) is 42.1 Å². The normalized spacial score (nSPS) is 17.0. The van der Waals surface area contributed by atoms with Crippen molar-refractivity contribution in [3.63, 3.8) is 0 Å². The first-order chi connectivity index (χ1) is 17.1. The molecule has 35 heavy (non-hydrogen) atoms. The van der Waals surface area contributed by atoms with E-state index in [4.69, 9.17) is 4.74 Å². The largest absolute Gasteiger partial charge is 0.491 e. The molecule has 1 amide bonds. The Labute approximate surface area is 205 Å². The van der Waals surface area contributed by atoms with Crippen molar-refractivity contribution >= 4 is 27.9 Å². The number of hydrogen-bond acceptors (Lipinski definition) is 5. The van der Waals surface area contributed by atoms with Gasteiger partial charge in [-0.05, 0) is 47.7 Å². The predicted molar refractivity (Wildman–Crippen MR) is 136 cm³/mol. The Bertz CT molecular complexity index is 1480. The van der Waals surface area contributed by atoms with Crippen LogP contribution in [0.15, 0.2) is 48.7 Å². The van der Waals surface area contributed by atoms with Crippen molar-refractivity contribution in [3.05, 3.63) is 65.4 Å². The number of carbonyl (C=O) groups is 1. The van der Waals surface area contributed by atoms with Crippen molar-refractivity contribution in [2.75, 3.05) is 32.5 Å². The molecular formula is C26H25N5O3S. The Morgan fingerprint density at radius 2 is 1.83 bits per heavy atom. The Morgan fingerprint density at radius 3 is 2.69 bits per heavy atom. The Balaban J connectivity index is 1.36. The molecule has 0 saturated heterocycles. The summed E-state index contributed by atoms with van der Waals surface area (Å²) in [4.78, 5) is 16.9. The number of aromatic amines is 1. The molecule has 6 rings (SSSR count). The van der Waals surface area contributed by atoms with Gasteiger partial charge in [-0.2, -0.15) is 5.10 Å². The lowest BCUT2D eigenvalue weighted by atomic mass is 9.96. The molecule has 4 aromatic rings. The summed E-state index contributed by atoms with van der Waals surface area (Å²) < 4.78 is 19.8. The second kappa shape index (κ2) is 8.90. The molecule has 0 bridgehead atoms. The highest BCUT2D eigenvalue weighted by atomic mass is 32.2. The summed E-state index contributed by atoms with van der Waals surface area (Å²) in [7, 11) is -0.947. The fourth-order valence-corrected chi connectivity index (χ4v) is 5.52. The average molecular weight is 488 g/mol. The monoisotopic (exact) mass is 487 g/mol. The minimum atomic E-state index is -0.947. The number of aromatic nitrogens is 3. The number of benzene rings is 2. The van der Waals surface area contributed by atoms with Crippen LogP contribution in [0.4, 0.5) is 0 Å². The predicted octanol–water partition coefficient (Wildman–Crippen LogP) is 3.11. The smallest absolute Gasteiger partial charge is 0.255 e. The number of fused-ring (bicyclic) bond motifs is 3. The molecule has 0 aliphatic carbocycles. The molecule has 178 valence electrons. The van der Waals surface area contributed by atoms with E-state index in [-0.39, 0.29) is 5.91 Å². The van der Waals surface area contributed by atoms with E-state index in [2.05, 4.69) is 44.8 Å². The summed E-state index contributed by atoms with van der Waals surface area (Å²) in [5.74, 6) is 0.441. The molecule has 0 saturated carbocycles. The summed E-state index contributed by atoms with van der Waals surface area (Å²) in [5.41, 5.74) is 7.60. The number of nitrogens with zero attached hydrogens (tertiary/aromatic N) is 3. The molecule has 2 aliphatic heterocycles. The fraction of sp³-hybridized carbons (Fsp3) is 0.269. The molecule has 0 radical (unpaired) electrons. The van der Waals surface area contributed by atoms with Gasteiger partial charge in [0.25, 0.3) is 5.91 Å². The molecule has 2 aliphatic rings. The highest BCUT2D eigenvalue weighted by Crippen LogP contribution is 2.33. The summed E-state index contributed by atoms with van der Waals surface area (Å²) in [5, 5.41) is 11.2. The van der Waals surface area contributed by atoms with Gasteiger partial charge in [0.2, 0.25) is 0 Å². The highest BCUT2D eigenvalue weighted by Gasteiger charge is 2.20. The summed E-state index contributed by atoms with van der Waals surface area (Å²) in [6.45, 7) is 2.52. The number of carbonyl (C=O) groups excluding carboxylic acids is 1. The number of hydrogen-bond donors (Lipinski definition) is 2. The van der Waals surface area contributed by atoms with E-state index in [1.807, 2.05) is 22.6 Å². The molecule has 2 aromatic carbocycles. The van der Waals surface area contributed by atoms with Crippen LogP contribution in [0.3, 0.4) is 0 Å². The minimum absolute atomic E-state index is 0.126. The Hall–Kier alpha value is -3.56. The maximum atomic E-state index is 12.3. The van der Waals surface area contributed by atoms with Gasteiger partial charge in [-0.15, -0.1) is 0 Å². The molecule has 4 heterocycles. The molecule has 2 N–H and O–H groups in total. The van der Waals surface area contributed by atoms with Crippen molar-refractivity contribution in [2.45, 2.75) is 12.8 Å². The third-order valence-corrected chi connectivity index (χ3v) is 7.83. The Kier molecular flexibility index (Phi) is 5.58. The number of rotatable bonds is 3. The fourth-order valence-electron chi connectivity index (χ4n) is 4.82. The van der Waals surface area contributed by atoms with E-state index in [0.717, 1.165) is 53.7 Å². The lowest BCUT2D eigenvalue weighted by Gasteiger charge is -2.14. The SMILES string of the molecule is CS(=O)N1CCc2ccc(-c3cnc4n[nH]c(-c5ccc6c(c5)OCCNC6=O)c4c3)cc2CC1. The Morgan fingerprint density at radius 1 is 1.00 bits per heavy atom. The summed E-state index contributed by atoms with van der Waals surface area (Å²) in [6.07, 6.45) is 5.37. The second-order valence-corrected chi connectivity index (χ2v) is 10.2. The van der Waals surface area contributed by atoms with E-state index in [1.165, 1.54) is 11.1 Å². The van der Waals surface area contributed by atoms with Crippen molar-refractivity contribution in [3.8, 4) is 28.1 Å². The van der Waals surface area contributed by atoms with Crippen LogP contribution in [0.1, 0.15) is 21.5 Å².